The van der Waals surface area contributed by atoms with Gasteiger partial charge >= 0.3 is 5.97 Å². The molecule has 0 aliphatic rings. The van der Waals surface area contributed by atoms with Crippen LogP contribution in [0.25, 0.3) is 0 Å². The lowest BCUT2D eigenvalue weighted by molar-refractivity contribution is 0.0450. The summed E-state index contributed by atoms with van der Waals surface area (Å²) in [5, 5.41) is 0. The fourth-order valence-electron chi connectivity index (χ4n) is 2.02. The third-order valence-electron chi connectivity index (χ3n) is 3.35. The van der Waals surface area contributed by atoms with Crippen molar-refractivity contribution in [2.24, 2.45) is 0 Å². The van der Waals surface area contributed by atoms with Gasteiger partial charge in [-0.1, -0.05) is 29.7 Å². The van der Waals surface area contributed by atoms with Crippen molar-refractivity contribution < 1.29 is 22.7 Å². The lowest BCUT2D eigenvalue weighted by atomic mass is 10.2. The van der Waals surface area contributed by atoms with E-state index in [-0.39, 0.29) is 30.2 Å². The molecule has 7 heteroatoms. The fourth-order valence-corrected chi connectivity index (χ4v) is 3.00. The Bertz CT molecular complexity index is 898. The predicted molar refractivity (Wildman–Crippen MR) is 97.4 cm³/mol. The summed E-state index contributed by atoms with van der Waals surface area (Å²) in [4.78, 5) is 12.0. The number of hydrogen-bond donors (Lipinski definition) is 1. The molecular weight excluding hydrogens is 354 g/mol. The van der Waals surface area contributed by atoms with Crippen LogP contribution < -0.4 is 9.46 Å². The van der Waals surface area contributed by atoms with E-state index >= 15 is 0 Å². The van der Waals surface area contributed by atoms with Gasteiger partial charge in [0.15, 0.2) is 0 Å². The van der Waals surface area contributed by atoms with Crippen molar-refractivity contribution in [3.8, 4) is 18.1 Å². The molecule has 2 aromatic rings. The van der Waals surface area contributed by atoms with Gasteiger partial charge in [-0.2, -0.15) is 4.72 Å². The third-order valence-corrected chi connectivity index (χ3v) is 4.75. The molecule has 0 atom stereocenters. The molecule has 0 aliphatic carbocycles. The van der Waals surface area contributed by atoms with Gasteiger partial charge in [-0.15, -0.1) is 6.42 Å². The first kappa shape index (κ1) is 19.5. The highest BCUT2D eigenvalue weighted by Gasteiger charge is 2.16. The van der Waals surface area contributed by atoms with Crippen LogP contribution in [0.15, 0.2) is 53.4 Å². The van der Waals surface area contributed by atoms with Gasteiger partial charge in [-0.25, -0.2) is 13.2 Å². The number of hydrogen-bond acceptors (Lipinski definition) is 5. The summed E-state index contributed by atoms with van der Waals surface area (Å²) < 4.78 is 36.9. The fraction of sp³-hybridized carbons (Fsp3) is 0.211. The first-order valence-corrected chi connectivity index (χ1v) is 9.30. The molecule has 0 bridgehead atoms. The maximum absolute atomic E-state index is 12.1. The number of carbonyl (C=O) groups is 1. The summed E-state index contributed by atoms with van der Waals surface area (Å²) in [5.74, 6) is 2.23. The van der Waals surface area contributed by atoms with Crippen LogP contribution in [0.1, 0.15) is 15.9 Å². The van der Waals surface area contributed by atoms with Crippen molar-refractivity contribution in [3.05, 3.63) is 59.7 Å². The van der Waals surface area contributed by atoms with Crippen LogP contribution in [0.2, 0.25) is 0 Å². The maximum Gasteiger partial charge on any atom is 0.338 e. The Morgan fingerprint density at radius 1 is 1.15 bits per heavy atom. The minimum Gasteiger partial charge on any atom is -0.490 e. The third kappa shape index (κ3) is 5.62. The Hall–Kier alpha value is -2.82. The van der Waals surface area contributed by atoms with Crippen LogP contribution in [0, 0.1) is 19.3 Å². The SMILES string of the molecule is C#CCNS(=O)(=O)c1cccc(C(=O)OCCOc2ccc(C)cc2)c1. The molecule has 0 fully saturated rings. The molecule has 136 valence electrons. The molecule has 0 radical (unpaired) electrons. The lowest BCUT2D eigenvalue weighted by Gasteiger charge is -2.09. The molecule has 0 aromatic heterocycles. The number of terminal acetylenes is 1. The molecule has 26 heavy (non-hydrogen) atoms. The molecular formula is C19H19NO5S. The Kier molecular flexibility index (Phi) is 6.78. The highest BCUT2D eigenvalue weighted by Crippen LogP contribution is 2.13. The van der Waals surface area contributed by atoms with Gasteiger partial charge in [0.05, 0.1) is 17.0 Å². The Balaban J connectivity index is 1.90. The second kappa shape index (κ2) is 9.04. The zero-order chi connectivity index (χ0) is 19.0. The molecule has 0 spiro atoms. The Labute approximate surface area is 153 Å². The average molecular weight is 373 g/mol. The second-order valence-corrected chi connectivity index (χ2v) is 7.12. The summed E-state index contributed by atoms with van der Waals surface area (Å²) in [6.07, 6.45) is 5.05. The molecule has 0 aliphatic heterocycles. The van der Waals surface area contributed by atoms with Crippen molar-refractivity contribution in [1.29, 1.82) is 0 Å². The van der Waals surface area contributed by atoms with Crippen molar-refractivity contribution in [3.63, 3.8) is 0 Å². The van der Waals surface area contributed by atoms with Crippen LogP contribution in [-0.2, 0) is 14.8 Å². The van der Waals surface area contributed by atoms with E-state index in [0.29, 0.717) is 5.75 Å². The van der Waals surface area contributed by atoms with Gasteiger partial charge in [0.25, 0.3) is 0 Å². The summed E-state index contributed by atoms with van der Waals surface area (Å²) in [7, 11) is -3.77. The second-order valence-electron chi connectivity index (χ2n) is 5.35. The smallest absolute Gasteiger partial charge is 0.338 e. The highest BCUT2D eigenvalue weighted by atomic mass is 32.2. The van der Waals surface area contributed by atoms with Crippen LogP contribution in [0.3, 0.4) is 0 Å². The number of nitrogens with one attached hydrogen (secondary N) is 1. The first-order valence-electron chi connectivity index (χ1n) is 7.82. The molecule has 0 amide bonds. The van der Waals surface area contributed by atoms with Gasteiger partial charge < -0.3 is 9.47 Å². The number of aryl methyl sites for hydroxylation is 1. The molecule has 2 aromatic carbocycles. The average Bonchev–Trinajstić information content (AvgIpc) is 2.65. The van der Waals surface area contributed by atoms with Crippen LogP contribution in [0.5, 0.6) is 5.75 Å². The topological polar surface area (TPSA) is 81.7 Å². The number of carbonyl (C=O) groups excluding carboxylic acids is 1. The van der Waals surface area contributed by atoms with E-state index in [9.17, 15) is 13.2 Å². The van der Waals surface area contributed by atoms with Crippen LogP contribution in [-0.4, -0.2) is 34.1 Å². The van der Waals surface area contributed by atoms with E-state index < -0.39 is 16.0 Å². The van der Waals surface area contributed by atoms with Crippen LogP contribution in [0.4, 0.5) is 0 Å². The van der Waals surface area contributed by atoms with E-state index in [4.69, 9.17) is 15.9 Å². The lowest BCUT2D eigenvalue weighted by Crippen LogP contribution is -2.24. The van der Waals surface area contributed by atoms with Gasteiger partial charge in [-0.05, 0) is 37.3 Å². The number of ether oxygens (including phenoxy) is 2. The van der Waals surface area contributed by atoms with E-state index in [0.717, 1.165) is 5.56 Å². The summed E-state index contributed by atoms with van der Waals surface area (Å²) >= 11 is 0. The minimum atomic E-state index is -3.77. The highest BCUT2D eigenvalue weighted by molar-refractivity contribution is 7.89. The Morgan fingerprint density at radius 2 is 1.88 bits per heavy atom. The standard InChI is InChI=1S/C19H19NO5S/c1-3-11-20-26(22,23)18-6-4-5-16(14-18)19(21)25-13-12-24-17-9-7-15(2)8-10-17/h1,4-10,14,20H,11-13H2,2H3. The summed E-state index contributed by atoms with van der Waals surface area (Å²) in [6.45, 7) is 2.07. The first-order chi connectivity index (χ1) is 12.4. The molecule has 2 rings (SSSR count). The molecule has 1 N–H and O–H groups in total. The molecule has 0 saturated heterocycles. The predicted octanol–water partition coefficient (Wildman–Crippen LogP) is 2.14. The number of rotatable bonds is 8. The van der Waals surface area contributed by atoms with Crippen molar-refractivity contribution in [1.82, 2.24) is 4.72 Å². The van der Waals surface area contributed by atoms with Gasteiger partial charge in [0, 0.05) is 0 Å². The zero-order valence-corrected chi connectivity index (χ0v) is 15.1. The number of esters is 1. The molecule has 6 nitrogen and oxygen atoms in total. The molecule has 0 saturated carbocycles. The van der Waals surface area contributed by atoms with E-state index in [1.165, 1.54) is 24.3 Å². The largest absolute Gasteiger partial charge is 0.490 e. The van der Waals surface area contributed by atoms with E-state index in [1.54, 1.807) is 0 Å². The number of benzene rings is 2. The zero-order valence-electron chi connectivity index (χ0n) is 14.3. The van der Waals surface area contributed by atoms with Gasteiger partial charge in [-0.3, -0.25) is 0 Å². The van der Waals surface area contributed by atoms with Crippen LogP contribution >= 0.6 is 0 Å². The van der Waals surface area contributed by atoms with Crippen molar-refractivity contribution in [2.75, 3.05) is 19.8 Å². The minimum absolute atomic E-state index is 0.0407. The quantitative estimate of drug-likeness (QED) is 0.436. The van der Waals surface area contributed by atoms with Gasteiger partial charge in [0.2, 0.25) is 10.0 Å². The van der Waals surface area contributed by atoms with E-state index in [1.807, 2.05) is 31.2 Å². The van der Waals surface area contributed by atoms with Gasteiger partial charge in [0.1, 0.15) is 19.0 Å². The van der Waals surface area contributed by atoms with E-state index in [2.05, 4.69) is 10.6 Å². The maximum atomic E-state index is 12.1. The normalized spacial score (nSPS) is 10.8. The van der Waals surface area contributed by atoms with Crippen molar-refractivity contribution in [2.45, 2.75) is 11.8 Å². The summed E-state index contributed by atoms with van der Waals surface area (Å²) in [5.41, 5.74) is 1.25. The monoisotopic (exact) mass is 373 g/mol. The van der Waals surface area contributed by atoms with Crippen molar-refractivity contribution >= 4 is 16.0 Å². The molecule has 0 unspecified atom stereocenters. The molecule has 0 heterocycles. The number of sulfonamides is 1. The Morgan fingerprint density at radius 3 is 2.58 bits per heavy atom. The summed E-state index contributed by atoms with van der Waals surface area (Å²) in [6, 6.07) is 13.0.